The van der Waals surface area contributed by atoms with E-state index in [1.807, 2.05) is 35.8 Å². The van der Waals surface area contributed by atoms with Crippen LogP contribution < -0.4 is 16.0 Å². The zero-order chi connectivity index (χ0) is 41.1. The molecule has 58 heavy (non-hydrogen) atoms. The summed E-state index contributed by atoms with van der Waals surface area (Å²) in [6.07, 6.45) is 5.60. The molecule has 0 aliphatic carbocycles. The molecule has 2 aromatic carbocycles. The molecule has 0 radical (unpaired) electrons. The highest BCUT2D eigenvalue weighted by atomic mass is 35.5. The Labute approximate surface area is 344 Å². The van der Waals surface area contributed by atoms with Gasteiger partial charge in [0.05, 0.1) is 29.7 Å². The first-order valence-electron chi connectivity index (χ1n) is 19.7. The molecule has 16 heteroatoms. The normalized spacial score (nSPS) is 17.3. The number of nitrogens with one attached hydrogen (secondary N) is 3. The van der Waals surface area contributed by atoms with Crippen molar-refractivity contribution < 1.29 is 28.8 Å². The molecule has 2 atom stereocenters. The predicted octanol–water partition coefficient (Wildman–Crippen LogP) is 5.41. The van der Waals surface area contributed by atoms with Gasteiger partial charge < -0.3 is 10.6 Å². The van der Waals surface area contributed by atoms with E-state index >= 15 is 0 Å². The lowest BCUT2D eigenvalue weighted by atomic mass is 9.99. The van der Waals surface area contributed by atoms with E-state index in [0.717, 1.165) is 76.7 Å². The van der Waals surface area contributed by atoms with Gasteiger partial charge in [-0.2, -0.15) is 0 Å². The maximum absolute atomic E-state index is 13.3. The molecule has 1 saturated heterocycles. The standard InChI is InChI=1S/C42H45ClN8O6S/c1-23-24(2)58-42-35(23)37(26-13-15-28(43)16-14-26)46-30(38-49-48-25(3)50(38)42)22-34(54)45-20-9-7-5-4-6-8-19-44-33(53)21-27-11-10-12-29-36(27)41(57)51(40(29)56)31-17-18-32(52)47-39(31)55/h10-16,30-31H,4-9,17-22H2,1-3H3,(H,44,53)(H,45,54)(H,47,52,55)/t30-,31?/m0/s1. The lowest BCUT2D eigenvalue weighted by Crippen LogP contribution is -2.54. The van der Waals surface area contributed by atoms with Crippen molar-refractivity contribution in [3.05, 3.63) is 97.4 Å². The third-order valence-electron chi connectivity index (χ3n) is 10.9. The van der Waals surface area contributed by atoms with E-state index in [-0.39, 0.29) is 48.6 Å². The molecule has 7 rings (SSSR count). The van der Waals surface area contributed by atoms with Crippen LogP contribution in [0.15, 0.2) is 47.5 Å². The highest BCUT2D eigenvalue weighted by Crippen LogP contribution is 2.39. The Hall–Kier alpha value is -5.54. The summed E-state index contributed by atoms with van der Waals surface area (Å²) in [5.74, 6) is -1.33. The highest BCUT2D eigenvalue weighted by Gasteiger charge is 2.45. The molecule has 1 unspecified atom stereocenters. The average molecular weight is 825 g/mol. The number of hydrogen-bond acceptors (Lipinski definition) is 10. The number of piperidine rings is 1. The number of carbonyl (C=O) groups is 6. The zero-order valence-electron chi connectivity index (χ0n) is 32.7. The molecule has 3 N–H and O–H groups in total. The maximum Gasteiger partial charge on any atom is 0.262 e. The number of aromatic nitrogens is 3. The molecule has 0 spiro atoms. The number of nitrogens with zero attached hydrogens (tertiary/aromatic N) is 5. The van der Waals surface area contributed by atoms with Crippen LogP contribution in [0.3, 0.4) is 0 Å². The maximum atomic E-state index is 13.3. The highest BCUT2D eigenvalue weighted by molar-refractivity contribution is 7.15. The summed E-state index contributed by atoms with van der Waals surface area (Å²) in [4.78, 5) is 83.7. The van der Waals surface area contributed by atoms with E-state index in [1.165, 1.54) is 10.9 Å². The van der Waals surface area contributed by atoms with Gasteiger partial charge in [-0.25, -0.2) is 0 Å². The minimum atomic E-state index is -1.06. The number of fused-ring (bicyclic) bond motifs is 4. The van der Waals surface area contributed by atoms with Gasteiger partial charge in [-0.1, -0.05) is 61.5 Å². The Kier molecular flexibility index (Phi) is 12.3. The smallest absolute Gasteiger partial charge is 0.262 e. The quantitative estimate of drug-likeness (QED) is 0.105. The lowest BCUT2D eigenvalue weighted by Gasteiger charge is -2.27. The van der Waals surface area contributed by atoms with Crippen molar-refractivity contribution >= 4 is 64.1 Å². The van der Waals surface area contributed by atoms with Crippen LogP contribution in [-0.2, 0) is 25.6 Å². The van der Waals surface area contributed by atoms with Crippen LogP contribution >= 0.6 is 22.9 Å². The summed E-state index contributed by atoms with van der Waals surface area (Å²) in [5.41, 5.74) is 4.59. The van der Waals surface area contributed by atoms with E-state index in [0.29, 0.717) is 29.5 Å². The molecule has 5 heterocycles. The van der Waals surface area contributed by atoms with Crippen LogP contribution in [0.5, 0.6) is 0 Å². The van der Waals surface area contributed by atoms with Gasteiger partial charge in [0.25, 0.3) is 11.8 Å². The Morgan fingerprint density at radius 2 is 1.55 bits per heavy atom. The van der Waals surface area contributed by atoms with Crippen LogP contribution in [-0.4, -0.2) is 80.0 Å². The number of thiophene rings is 1. The van der Waals surface area contributed by atoms with E-state index in [1.54, 1.807) is 23.5 Å². The number of imide groups is 2. The summed E-state index contributed by atoms with van der Waals surface area (Å²) in [5, 5.41) is 18.7. The van der Waals surface area contributed by atoms with Gasteiger partial charge in [0.1, 0.15) is 22.9 Å². The van der Waals surface area contributed by atoms with Crippen LogP contribution in [0.4, 0.5) is 0 Å². The number of amides is 6. The van der Waals surface area contributed by atoms with Crippen LogP contribution in [0.25, 0.3) is 5.00 Å². The van der Waals surface area contributed by atoms with Gasteiger partial charge in [-0.05, 0) is 69.4 Å². The van der Waals surface area contributed by atoms with Crippen molar-refractivity contribution in [1.29, 1.82) is 0 Å². The largest absolute Gasteiger partial charge is 0.356 e. The summed E-state index contributed by atoms with van der Waals surface area (Å²) >= 11 is 7.89. The summed E-state index contributed by atoms with van der Waals surface area (Å²) in [6.45, 7) is 7.13. The third-order valence-corrected chi connectivity index (χ3v) is 12.3. The summed E-state index contributed by atoms with van der Waals surface area (Å²) in [7, 11) is 0. The van der Waals surface area contributed by atoms with Crippen molar-refractivity contribution in [1.82, 2.24) is 35.6 Å². The molecule has 6 amide bonds. The molecule has 0 saturated carbocycles. The van der Waals surface area contributed by atoms with Crippen LogP contribution in [0.1, 0.15) is 123 Å². The SMILES string of the molecule is Cc1sc2c(c1C)C(c1ccc(Cl)cc1)=N[C@@H](CC(=O)NCCCCCCCCNC(=O)Cc1cccc3c1C(=O)N(C1CCC(=O)NC1=O)C3=O)c1nnc(C)n1-2. The molecule has 3 aliphatic rings. The zero-order valence-corrected chi connectivity index (χ0v) is 34.2. The van der Waals surface area contributed by atoms with E-state index in [9.17, 15) is 28.8 Å². The number of rotatable bonds is 15. The van der Waals surface area contributed by atoms with Crippen molar-refractivity contribution in [3.8, 4) is 5.00 Å². The number of hydrogen-bond donors (Lipinski definition) is 3. The Balaban J connectivity index is 0.832. The predicted molar refractivity (Wildman–Crippen MR) is 218 cm³/mol. The number of benzene rings is 2. The second-order valence-corrected chi connectivity index (χ2v) is 16.5. The van der Waals surface area contributed by atoms with Crippen molar-refractivity contribution in [3.63, 3.8) is 0 Å². The molecular weight excluding hydrogens is 780 g/mol. The first-order valence-corrected chi connectivity index (χ1v) is 20.9. The van der Waals surface area contributed by atoms with Gasteiger partial charge >= 0.3 is 0 Å². The van der Waals surface area contributed by atoms with E-state index in [2.05, 4.69) is 40.0 Å². The Morgan fingerprint density at radius 1 is 0.862 bits per heavy atom. The Morgan fingerprint density at radius 3 is 2.26 bits per heavy atom. The first kappa shape index (κ1) is 40.6. The molecule has 302 valence electrons. The number of aliphatic imine (C=N–C) groups is 1. The minimum Gasteiger partial charge on any atom is -0.356 e. The fraction of sp³-hybridized carbons (Fsp3) is 0.405. The number of halogens is 1. The molecule has 2 aromatic heterocycles. The second-order valence-electron chi connectivity index (χ2n) is 14.9. The number of aryl methyl sites for hydroxylation is 2. The van der Waals surface area contributed by atoms with E-state index < -0.39 is 35.7 Å². The number of unbranched alkanes of at least 4 members (excludes halogenated alkanes) is 5. The van der Waals surface area contributed by atoms with Crippen LogP contribution in [0.2, 0.25) is 5.02 Å². The van der Waals surface area contributed by atoms with Gasteiger partial charge in [0, 0.05) is 40.5 Å². The lowest BCUT2D eigenvalue weighted by molar-refractivity contribution is -0.136. The monoisotopic (exact) mass is 824 g/mol. The third kappa shape index (κ3) is 8.37. The van der Waals surface area contributed by atoms with Crippen molar-refractivity contribution in [2.45, 2.75) is 97.1 Å². The van der Waals surface area contributed by atoms with Gasteiger partial charge in [-0.3, -0.25) is 48.5 Å². The van der Waals surface area contributed by atoms with Gasteiger partial charge in [-0.15, -0.1) is 21.5 Å². The van der Waals surface area contributed by atoms with Crippen LogP contribution in [0, 0.1) is 20.8 Å². The molecular formula is C42H45ClN8O6S. The summed E-state index contributed by atoms with van der Waals surface area (Å²) in [6, 6.07) is 10.8. The fourth-order valence-electron chi connectivity index (χ4n) is 7.76. The molecule has 3 aliphatic heterocycles. The van der Waals surface area contributed by atoms with Crippen molar-refractivity contribution in [2.75, 3.05) is 13.1 Å². The van der Waals surface area contributed by atoms with Gasteiger partial charge in [0.15, 0.2) is 5.82 Å². The topological polar surface area (TPSA) is 185 Å². The van der Waals surface area contributed by atoms with Gasteiger partial charge in [0.2, 0.25) is 23.6 Å². The number of carbonyl (C=O) groups excluding carboxylic acids is 6. The average Bonchev–Trinajstić information content (AvgIpc) is 3.77. The molecule has 1 fully saturated rings. The molecule has 0 bridgehead atoms. The summed E-state index contributed by atoms with van der Waals surface area (Å²) < 4.78 is 2.04. The first-order chi connectivity index (χ1) is 27.9. The van der Waals surface area contributed by atoms with Crippen molar-refractivity contribution in [2.24, 2.45) is 4.99 Å². The minimum absolute atomic E-state index is 0.0336. The van der Waals surface area contributed by atoms with E-state index in [4.69, 9.17) is 16.6 Å². The fourth-order valence-corrected chi connectivity index (χ4v) is 9.10. The molecule has 14 nitrogen and oxygen atoms in total. The molecule has 4 aromatic rings. The second kappa shape index (κ2) is 17.5. The Bertz CT molecular complexity index is 2330.